The Bertz CT molecular complexity index is 2000. The molecule has 0 bridgehead atoms. The number of aryl methyl sites for hydroxylation is 2. The number of hydrogen-bond donors (Lipinski definition) is 0. The van der Waals surface area contributed by atoms with Gasteiger partial charge in [0.05, 0.1) is 11.4 Å². The zero-order chi connectivity index (χ0) is 31.8. The SMILES string of the molecule is Cc1cccc(N2c3ccccc3N(c3cccc(C)c3)[Si]2(c2ccc(-c3ccccc3)cc2)c2ccc(-c3ccccc3)cc2)c1. The molecule has 0 fully saturated rings. The van der Waals surface area contributed by atoms with E-state index in [1.807, 2.05) is 0 Å². The zero-order valence-electron chi connectivity index (χ0n) is 26.7. The predicted molar refractivity (Wildman–Crippen MR) is 202 cm³/mol. The van der Waals surface area contributed by atoms with E-state index in [1.54, 1.807) is 0 Å². The maximum Gasteiger partial charge on any atom is 0.340 e. The van der Waals surface area contributed by atoms with E-state index in [0.717, 1.165) is 0 Å². The Labute approximate surface area is 279 Å². The van der Waals surface area contributed by atoms with Crippen molar-refractivity contribution in [3.63, 3.8) is 0 Å². The summed E-state index contributed by atoms with van der Waals surface area (Å²) in [5, 5.41) is 2.65. The summed E-state index contributed by atoms with van der Waals surface area (Å²) in [6, 6.07) is 67.1. The first-order chi connectivity index (χ1) is 23.1. The highest BCUT2D eigenvalue weighted by Crippen LogP contribution is 2.50. The van der Waals surface area contributed by atoms with Gasteiger partial charge in [-0.2, -0.15) is 0 Å². The fourth-order valence-electron chi connectivity index (χ4n) is 7.21. The lowest BCUT2D eigenvalue weighted by Crippen LogP contribution is -2.75. The minimum Gasteiger partial charge on any atom is -0.341 e. The van der Waals surface area contributed by atoms with Crippen molar-refractivity contribution >= 4 is 41.5 Å². The molecule has 0 radical (unpaired) electrons. The molecular weight excluding hydrogens is 585 g/mol. The van der Waals surface area contributed by atoms with Gasteiger partial charge in [-0.15, -0.1) is 0 Å². The van der Waals surface area contributed by atoms with Crippen molar-refractivity contribution in [2.75, 3.05) is 9.13 Å². The monoisotopic (exact) mass is 620 g/mol. The zero-order valence-corrected chi connectivity index (χ0v) is 27.7. The van der Waals surface area contributed by atoms with Gasteiger partial charge in [-0.05, 0) is 94.0 Å². The van der Waals surface area contributed by atoms with Crippen LogP contribution in [-0.4, -0.2) is 8.40 Å². The van der Waals surface area contributed by atoms with Gasteiger partial charge in [0.15, 0.2) is 0 Å². The Morgan fingerprint density at radius 3 is 1.09 bits per heavy atom. The Morgan fingerprint density at radius 1 is 0.340 bits per heavy atom. The minimum absolute atomic E-state index is 1.21. The van der Waals surface area contributed by atoms with Crippen molar-refractivity contribution in [1.29, 1.82) is 0 Å². The molecule has 0 amide bonds. The first kappa shape index (κ1) is 28.8. The topological polar surface area (TPSA) is 6.48 Å². The summed E-state index contributed by atoms with van der Waals surface area (Å²) in [4.78, 5) is 0. The molecule has 0 aliphatic carbocycles. The third kappa shape index (κ3) is 4.96. The molecule has 3 heteroatoms. The highest BCUT2D eigenvalue weighted by Gasteiger charge is 2.57. The normalized spacial score (nSPS) is 13.4. The van der Waals surface area contributed by atoms with Crippen molar-refractivity contribution in [3.8, 4) is 22.3 Å². The van der Waals surface area contributed by atoms with Gasteiger partial charge < -0.3 is 9.13 Å². The molecule has 1 aliphatic rings. The van der Waals surface area contributed by atoms with Gasteiger partial charge in [0.1, 0.15) is 0 Å². The molecule has 0 saturated carbocycles. The van der Waals surface area contributed by atoms with Gasteiger partial charge in [-0.1, -0.05) is 146 Å². The molecule has 0 spiro atoms. The maximum atomic E-state index is 2.69. The van der Waals surface area contributed by atoms with Gasteiger partial charge >= 0.3 is 8.40 Å². The molecular formula is C44H36N2Si. The molecule has 0 N–H and O–H groups in total. The van der Waals surface area contributed by atoms with Crippen LogP contribution in [0.4, 0.5) is 22.7 Å². The number of fused-ring (bicyclic) bond motifs is 1. The second kappa shape index (κ2) is 11.9. The lowest BCUT2D eigenvalue weighted by Gasteiger charge is -2.44. The molecule has 0 unspecified atom stereocenters. The number of nitrogens with zero attached hydrogens (tertiary/aromatic N) is 2. The third-order valence-corrected chi connectivity index (χ3v) is 13.9. The molecule has 0 atom stereocenters. The lowest BCUT2D eigenvalue weighted by atomic mass is 10.1. The van der Waals surface area contributed by atoms with E-state index in [4.69, 9.17) is 0 Å². The molecule has 2 nitrogen and oxygen atoms in total. The highest BCUT2D eigenvalue weighted by atomic mass is 28.3. The van der Waals surface area contributed by atoms with Crippen LogP contribution < -0.4 is 19.5 Å². The van der Waals surface area contributed by atoms with E-state index in [-0.39, 0.29) is 0 Å². The van der Waals surface area contributed by atoms with Crippen LogP contribution in [0.5, 0.6) is 0 Å². The predicted octanol–water partition coefficient (Wildman–Crippen LogP) is 10.2. The Kier molecular flexibility index (Phi) is 7.32. The molecule has 0 saturated heterocycles. The summed E-state index contributed by atoms with van der Waals surface area (Å²) in [5.41, 5.74) is 12.3. The number of para-hydroxylation sites is 2. The summed E-state index contributed by atoms with van der Waals surface area (Å²) in [6.07, 6.45) is 0. The maximum absolute atomic E-state index is 3.06. The van der Waals surface area contributed by atoms with Crippen LogP contribution in [0.25, 0.3) is 22.3 Å². The van der Waals surface area contributed by atoms with Crippen LogP contribution in [-0.2, 0) is 0 Å². The summed E-state index contributed by atoms with van der Waals surface area (Å²) < 4.78 is 5.37. The molecule has 226 valence electrons. The lowest BCUT2D eigenvalue weighted by molar-refractivity contribution is 1.33. The van der Waals surface area contributed by atoms with Crippen LogP contribution in [0.3, 0.4) is 0 Å². The van der Waals surface area contributed by atoms with Crippen LogP contribution in [0.2, 0.25) is 0 Å². The Hall–Kier alpha value is -5.64. The smallest absolute Gasteiger partial charge is 0.340 e. The van der Waals surface area contributed by atoms with Crippen molar-refractivity contribution in [2.45, 2.75) is 13.8 Å². The fraction of sp³-hybridized carbons (Fsp3) is 0.0455. The molecule has 1 heterocycles. The average Bonchev–Trinajstić information content (AvgIpc) is 3.44. The van der Waals surface area contributed by atoms with E-state index < -0.39 is 8.40 Å². The highest BCUT2D eigenvalue weighted by molar-refractivity contribution is 7.10. The van der Waals surface area contributed by atoms with Crippen molar-refractivity contribution < 1.29 is 0 Å². The number of benzene rings is 7. The van der Waals surface area contributed by atoms with Crippen LogP contribution in [0, 0.1) is 13.8 Å². The molecule has 1 aliphatic heterocycles. The molecule has 47 heavy (non-hydrogen) atoms. The quantitative estimate of drug-likeness (QED) is 0.171. The van der Waals surface area contributed by atoms with Crippen LogP contribution in [0.1, 0.15) is 11.1 Å². The molecule has 0 aromatic heterocycles. The number of rotatable bonds is 6. The van der Waals surface area contributed by atoms with Crippen LogP contribution >= 0.6 is 0 Å². The van der Waals surface area contributed by atoms with Gasteiger partial charge in [0, 0.05) is 11.4 Å². The Balaban J connectivity index is 1.45. The summed E-state index contributed by atoms with van der Waals surface area (Å²) in [7, 11) is -3.06. The van der Waals surface area contributed by atoms with Crippen LogP contribution in [0.15, 0.2) is 182 Å². The van der Waals surface area contributed by atoms with Gasteiger partial charge in [0.25, 0.3) is 0 Å². The standard InChI is InChI=1S/C44H36N2Si/c1-33-13-11-19-39(31-33)45-43-21-9-10-22-44(43)46(40-20-12-14-34(2)32-40)47(45,41-27-23-37(24-28-41)35-15-5-3-6-16-35)42-29-25-38(26-30-42)36-17-7-4-8-18-36/h3-32H,1-2H3. The van der Waals surface area contributed by atoms with E-state index in [2.05, 4.69) is 205 Å². The largest absolute Gasteiger partial charge is 0.341 e. The first-order valence-electron chi connectivity index (χ1n) is 16.3. The molecule has 7 aromatic carbocycles. The molecule has 7 aromatic rings. The van der Waals surface area contributed by atoms with E-state index in [1.165, 1.54) is 66.5 Å². The molecule has 8 rings (SSSR count). The fourth-order valence-corrected chi connectivity index (χ4v) is 12.1. The minimum atomic E-state index is -3.06. The number of hydrogen-bond acceptors (Lipinski definition) is 2. The van der Waals surface area contributed by atoms with E-state index in [9.17, 15) is 0 Å². The van der Waals surface area contributed by atoms with Gasteiger partial charge in [0.2, 0.25) is 0 Å². The second-order valence-electron chi connectivity index (χ2n) is 12.4. The first-order valence-corrected chi connectivity index (χ1v) is 18.2. The van der Waals surface area contributed by atoms with E-state index in [0.29, 0.717) is 0 Å². The van der Waals surface area contributed by atoms with Crippen molar-refractivity contribution in [3.05, 3.63) is 193 Å². The van der Waals surface area contributed by atoms with Crippen molar-refractivity contribution in [2.24, 2.45) is 0 Å². The van der Waals surface area contributed by atoms with Crippen molar-refractivity contribution in [1.82, 2.24) is 0 Å². The average molecular weight is 621 g/mol. The summed E-state index contributed by atoms with van der Waals surface area (Å²) >= 11 is 0. The van der Waals surface area contributed by atoms with Gasteiger partial charge in [-0.25, -0.2) is 0 Å². The van der Waals surface area contributed by atoms with E-state index >= 15 is 0 Å². The second-order valence-corrected chi connectivity index (χ2v) is 15.8. The summed E-state index contributed by atoms with van der Waals surface area (Å²) in [5.74, 6) is 0. The summed E-state index contributed by atoms with van der Waals surface area (Å²) in [6.45, 7) is 4.38. The van der Waals surface area contributed by atoms with Gasteiger partial charge in [-0.3, -0.25) is 0 Å². The Morgan fingerprint density at radius 2 is 0.702 bits per heavy atom. The number of anilines is 4. The third-order valence-electron chi connectivity index (χ3n) is 9.32.